The van der Waals surface area contributed by atoms with Gasteiger partial charge in [0, 0.05) is 18.7 Å². The van der Waals surface area contributed by atoms with Crippen molar-refractivity contribution in [3.63, 3.8) is 0 Å². The molecule has 0 bridgehead atoms. The van der Waals surface area contributed by atoms with Crippen molar-refractivity contribution < 1.29 is 19.4 Å². The zero-order valence-electron chi connectivity index (χ0n) is 13.0. The summed E-state index contributed by atoms with van der Waals surface area (Å²) in [5.41, 5.74) is 1.01. The van der Waals surface area contributed by atoms with E-state index in [0.29, 0.717) is 32.5 Å². The topological polar surface area (TPSA) is 78.9 Å². The van der Waals surface area contributed by atoms with Gasteiger partial charge in [-0.25, -0.2) is 4.79 Å². The predicted octanol–water partition coefficient (Wildman–Crippen LogP) is 2.41. The van der Waals surface area contributed by atoms with Crippen molar-refractivity contribution in [2.24, 2.45) is 5.92 Å². The van der Waals surface area contributed by atoms with Gasteiger partial charge in [-0.1, -0.05) is 18.2 Å². The van der Waals surface area contributed by atoms with Crippen LogP contribution in [-0.2, 0) is 4.79 Å². The molecule has 6 nitrogen and oxygen atoms in total. The number of carbonyl (C=O) groups is 2. The van der Waals surface area contributed by atoms with Gasteiger partial charge in [0.15, 0.2) is 0 Å². The quantitative estimate of drug-likeness (QED) is 0.877. The number of piperidine rings is 1. The molecule has 2 N–H and O–H groups in total. The van der Waals surface area contributed by atoms with Crippen molar-refractivity contribution in [3.05, 3.63) is 29.8 Å². The number of rotatable bonds is 2. The first-order valence-electron chi connectivity index (χ1n) is 8.15. The lowest BCUT2D eigenvalue weighted by atomic mass is 9.97. The molecule has 2 aliphatic heterocycles. The van der Waals surface area contributed by atoms with Crippen molar-refractivity contribution in [1.29, 1.82) is 0 Å². The second-order valence-electron chi connectivity index (χ2n) is 6.13. The molecular formula is C17H22N2O4. The van der Waals surface area contributed by atoms with E-state index in [9.17, 15) is 9.59 Å². The number of urea groups is 1. The standard InChI is InChI=1S/C17H22N2O4/c20-16(21)12-7-9-19(10-8-12)17(22)18-14-5-3-11-23-15-6-2-1-4-13(14)15/h1-2,4,6,12,14H,3,5,7-11H2,(H,18,22)(H,20,21). The fourth-order valence-electron chi connectivity index (χ4n) is 3.24. The molecule has 1 atom stereocenters. The van der Waals surface area contributed by atoms with Gasteiger partial charge < -0.3 is 20.1 Å². The smallest absolute Gasteiger partial charge is 0.317 e. The predicted molar refractivity (Wildman–Crippen MR) is 84.4 cm³/mol. The molecule has 1 fully saturated rings. The summed E-state index contributed by atoms with van der Waals surface area (Å²) in [6, 6.07) is 7.62. The van der Waals surface area contributed by atoms with Crippen molar-refractivity contribution in [1.82, 2.24) is 10.2 Å². The normalized spacial score (nSPS) is 21.7. The number of ether oxygens (including phenoxy) is 1. The van der Waals surface area contributed by atoms with Crippen LogP contribution in [0.15, 0.2) is 24.3 Å². The first-order chi connectivity index (χ1) is 11.1. The van der Waals surface area contributed by atoms with E-state index in [1.54, 1.807) is 4.90 Å². The van der Waals surface area contributed by atoms with Gasteiger partial charge >= 0.3 is 12.0 Å². The molecule has 1 aromatic rings. The monoisotopic (exact) mass is 318 g/mol. The second kappa shape index (κ2) is 6.89. The molecule has 1 unspecified atom stereocenters. The SMILES string of the molecule is O=C(O)C1CCN(C(=O)NC2CCCOc3ccccc32)CC1. The summed E-state index contributed by atoms with van der Waals surface area (Å²) in [5, 5.41) is 12.1. The average molecular weight is 318 g/mol. The van der Waals surface area contributed by atoms with E-state index in [0.717, 1.165) is 24.2 Å². The third kappa shape index (κ3) is 3.57. The zero-order chi connectivity index (χ0) is 16.2. The van der Waals surface area contributed by atoms with Gasteiger partial charge in [-0.2, -0.15) is 0 Å². The van der Waals surface area contributed by atoms with Gasteiger partial charge in [-0.3, -0.25) is 4.79 Å². The Morgan fingerprint density at radius 1 is 1.17 bits per heavy atom. The molecule has 0 radical (unpaired) electrons. The number of amides is 2. The largest absolute Gasteiger partial charge is 0.493 e. The summed E-state index contributed by atoms with van der Waals surface area (Å²) in [4.78, 5) is 25.2. The number of likely N-dealkylation sites (tertiary alicyclic amines) is 1. The summed E-state index contributed by atoms with van der Waals surface area (Å²) >= 11 is 0. The van der Waals surface area contributed by atoms with Crippen LogP contribution in [0.25, 0.3) is 0 Å². The van der Waals surface area contributed by atoms with E-state index >= 15 is 0 Å². The third-order valence-corrected chi connectivity index (χ3v) is 4.62. The molecule has 2 aliphatic rings. The average Bonchev–Trinajstić information content (AvgIpc) is 2.77. The van der Waals surface area contributed by atoms with Crippen LogP contribution in [0.5, 0.6) is 5.75 Å². The number of para-hydroxylation sites is 1. The molecule has 3 rings (SSSR count). The Labute approximate surface area is 135 Å². The summed E-state index contributed by atoms with van der Waals surface area (Å²) in [6.07, 6.45) is 2.77. The van der Waals surface area contributed by atoms with E-state index in [2.05, 4.69) is 5.32 Å². The number of carboxylic acids is 1. The Balaban J connectivity index is 1.63. The summed E-state index contributed by atoms with van der Waals surface area (Å²) in [7, 11) is 0. The molecule has 2 heterocycles. The molecule has 0 aliphatic carbocycles. The highest BCUT2D eigenvalue weighted by Crippen LogP contribution is 2.31. The number of nitrogens with zero attached hydrogens (tertiary/aromatic N) is 1. The molecular weight excluding hydrogens is 296 g/mol. The number of nitrogens with one attached hydrogen (secondary N) is 1. The van der Waals surface area contributed by atoms with Gasteiger partial charge in [0.2, 0.25) is 0 Å². The van der Waals surface area contributed by atoms with Gasteiger partial charge in [0.1, 0.15) is 5.75 Å². The summed E-state index contributed by atoms with van der Waals surface area (Å²) in [6.45, 7) is 1.65. The Kier molecular flexibility index (Phi) is 4.69. The van der Waals surface area contributed by atoms with E-state index in [4.69, 9.17) is 9.84 Å². The lowest BCUT2D eigenvalue weighted by Crippen LogP contribution is -2.46. The first-order valence-corrected chi connectivity index (χ1v) is 8.15. The Hall–Kier alpha value is -2.24. The van der Waals surface area contributed by atoms with E-state index in [-0.39, 0.29) is 18.0 Å². The first kappa shape index (κ1) is 15.6. The highest BCUT2D eigenvalue weighted by Gasteiger charge is 2.29. The molecule has 0 spiro atoms. The van der Waals surface area contributed by atoms with Gasteiger partial charge in [-0.05, 0) is 31.7 Å². The minimum Gasteiger partial charge on any atom is -0.493 e. The van der Waals surface area contributed by atoms with Crippen molar-refractivity contribution in [2.45, 2.75) is 31.7 Å². The maximum atomic E-state index is 12.5. The molecule has 2 amide bonds. The molecule has 6 heteroatoms. The minimum absolute atomic E-state index is 0.0570. The van der Waals surface area contributed by atoms with Crippen molar-refractivity contribution >= 4 is 12.0 Å². The Morgan fingerprint density at radius 3 is 2.65 bits per heavy atom. The number of carboxylic acid groups (broad SMARTS) is 1. The molecule has 0 saturated carbocycles. The van der Waals surface area contributed by atoms with E-state index < -0.39 is 5.97 Å². The summed E-state index contributed by atoms with van der Waals surface area (Å²) < 4.78 is 5.72. The fourth-order valence-corrected chi connectivity index (χ4v) is 3.24. The lowest BCUT2D eigenvalue weighted by Gasteiger charge is -2.31. The zero-order valence-corrected chi connectivity index (χ0v) is 13.0. The molecule has 0 aromatic heterocycles. The maximum Gasteiger partial charge on any atom is 0.317 e. The van der Waals surface area contributed by atoms with Crippen LogP contribution in [0.2, 0.25) is 0 Å². The Morgan fingerprint density at radius 2 is 1.91 bits per heavy atom. The van der Waals surface area contributed by atoms with Crippen LogP contribution in [0.3, 0.4) is 0 Å². The number of hydrogen-bond acceptors (Lipinski definition) is 3. The number of hydrogen-bond donors (Lipinski definition) is 2. The van der Waals surface area contributed by atoms with Gasteiger partial charge in [-0.15, -0.1) is 0 Å². The van der Waals surface area contributed by atoms with E-state index in [1.165, 1.54) is 0 Å². The Bertz CT molecular complexity index is 582. The number of fused-ring (bicyclic) bond motifs is 1. The minimum atomic E-state index is -0.764. The van der Waals surface area contributed by atoms with Crippen LogP contribution >= 0.6 is 0 Å². The molecule has 124 valence electrons. The van der Waals surface area contributed by atoms with Gasteiger partial charge in [0.25, 0.3) is 0 Å². The summed E-state index contributed by atoms with van der Waals surface area (Å²) in [5.74, 6) is -0.258. The van der Waals surface area contributed by atoms with Gasteiger partial charge in [0.05, 0.1) is 18.6 Å². The second-order valence-corrected chi connectivity index (χ2v) is 6.13. The van der Waals surface area contributed by atoms with Crippen molar-refractivity contribution in [2.75, 3.05) is 19.7 Å². The molecule has 23 heavy (non-hydrogen) atoms. The maximum absolute atomic E-state index is 12.5. The van der Waals surface area contributed by atoms with Crippen LogP contribution in [0, 0.1) is 5.92 Å². The highest BCUT2D eigenvalue weighted by molar-refractivity contribution is 5.76. The van der Waals surface area contributed by atoms with E-state index in [1.807, 2.05) is 24.3 Å². The number of carbonyl (C=O) groups excluding carboxylic acids is 1. The van der Waals surface area contributed by atoms with Crippen LogP contribution < -0.4 is 10.1 Å². The van der Waals surface area contributed by atoms with Crippen LogP contribution in [-0.4, -0.2) is 41.7 Å². The highest BCUT2D eigenvalue weighted by atomic mass is 16.5. The van der Waals surface area contributed by atoms with Crippen LogP contribution in [0.1, 0.15) is 37.3 Å². The third-order valence-electron chi connectivity index (χ3n) is 4.62. The fraction of sp³-hybridized carbons (Fsp3) is 0.529. The lowest BCUT2D eigenvalue weighted by molar-refractivity contribution is -0.143. The van der Waals surface area contributed by atoms with Crippen LogP contribution in [0.4, 0.5) is 4.79 Å². The number of benzene rings is 1. The van der Waals surface area contributed by atoms with Crippen molar-refractivity contribution in [3.8, 4) is 5.75 Å². The molecule has 1 saturated heterocycles. The molecule has 1 aromatic carbocycles. The number of aliphatic carboxylic acids is 1.